The molecule has 0 aromatic heterocycles. The van der Waals surface area contributed by atoms with Crippen LogP contribution in [0.25, 0.3) is 0 Å². The van der Waals surface area contributed by atoms with Crippen molar-refractivity contribution in [3.8, 4) is 5.75 Å². The van der Waals surface area contributed by atoms with Crippen molar-refractivity contribution in [3.63, 3.8) is 0 Å². The van der Waals surface area contributed by atoms with E-state index in [0.717, 1.165) is 79.9 Å². The first kappa shape index (κ1) is 44.6. The Labute approximate surface area is 355 Å². The monoisotopic (exact) mass is 808 g/mol. The summed E-state index contributed by atoms with van der Waals surface area (Å²) in [4.78, 5) is 43.0. The van der Waals surface area contributed by atoms with Crippen LogP contribution >= 0.6 is 0 Å². The quantitative estimate of drug-likeness (QED) is 0.0611. The smallest absolute Gasteiger partial charge is 0.338 e. The molecule has 8 heteroatoms. The van der Waals surface area contributed by atoms with Crippen molar-refractivity contribution in [2.45, 2.75) is 142 Å². The third-order valence-corrected chi connectivity index (χ3v) is 13.4. The largest absolute Gasteiger partial charge is 0.489 e. The van der Waals surface area contributed by atoms with Crippen molar-refractivity contribution >= 4 is 17.8 Å². The number of hydrogen-bond donors (Lipinski definition) is 1. The van der Waals surface area contributed by atoms with Crippen molar-refractivity contribution in [1.82, 2.24) is 15.1 Å². The summed E-state index contributed by atoms with van der Waals surface area (Å²) in [6.07, 6.45) is 31.8. The molecule has 5 aliphatic rings. The molecule has 322 valence electrons. The lowest BCUT2D eigenvalue weighted by molar-refractivity contribution is -0.136. The molecule has 0 unspecified atom stereocenters. The number of nitrogens with zero attached hydrogens (tertiary/aromatic N) is 2. The van der Waals surface area contributed by atoms with Crippen LogP contribution in [0.3, 0.4) is 0 Å². The van der Waals surface area contributed by atoms with Crippen LogP contribution in [0.5, 0.6) is 5.75 Å². The molecule has 2 aromatic carbocycles. The van der Waals surface area contributed by atoms with E-state index in [9.17, 15) is 14.4 Å². The fraction of sp³-hybridized carbons (Fsp3) is 0.627. The summed E-state index contributed by atoms with van der Waals surface area (Å²) >= 11 is 0. The highest BCUT2D eigenvalue weighted by Crippen LogP contribution is 2.61. The van der Waals surface area contributed by atoms with Crippen LogP contribution in [0.1, 0.15) is 150 Å². The van der Waals surface area contributed by atoms with Crippen molar-refractivity contribution in [2.24, 2.45) is 23.2 Å². The van der Waals surface area contributed by atoms with E-state index >= 15 is 0 Å². The number of nitrogens with one attached hydrogen (secondary N) is 1. The van der Waals surface area contributed by atoms with Crippen LogP contribution in [0.4, 0.5) is 0 Å². The molecule has 4 saturated carbocycles. The highest BCUT2D eigenvalue weighted by molar-refractivity contribution is 5.89. The lowest BCUT2D eigenvalue weighted by Crippen LogP contribution is -2.51. The second-order valence-corrected chi connectivity index (χ2v) is 18.3. The number of hydrogen-bond acceptors (Lipinski definition) is 6. The van der Waals surface area contributed by atoms with E-state index in [1.807, 2.05) is 47.4 Å². The summed E-state index contributed by atoms with van der Waals surface area (Å²) < 4.78 is 11.8. The zero-order valence-corrected chi connectivity index (χ0v) is 36.2. The van der Waals surface area contributed by atoms with Gasteiger partial charge in [-0.25, -0.2) is 4.79 Å². The molecule has 5 fully saturated rings. The van der Waals surface area contributed by atoms with Gasteiger partial charge in [-0.1, -0.05) is 100 Å². The van der Waals surface area contributed by atoms with Gasteiger partial charge >= 0.3 is 5.97 Å². The van der Waals surface area contributed by atoms with Gasteiger partial charge < -0.3 is 19.7 Å². The first-order chi connectivity index (χ1) is 28.9. The summed E-state index contributed by atoms with van der Waals surface area (Å²) in [5.41, 5.74) is 2.84. The van der Waals surface area contributed by atoms with E-state index < -0.39 is 0 Å². The number of rotatable bonds is 25. The number of piperazine rings is 1. The molecule has 59 heavy (non-hydrogen) atoms. The van der Waals surface area contributed by atoms with Crippen LogP contribution in [-0.4, -0.2) is 66.9 Å². The standard InChI is InChI=1S/C51H73N3O5/c1-2-3-4-5-6-7-8-9-10-11-12-13-14-15-16-19-30-58-50(57)45-24-22-41(23-25-45)40-59-47-21-18-17-20-46(47)39-53-26-28-54(29-27-53)49(56)38-52-48(55)37-51-34-42-31-43(35-51)33-44(32-42)36-51/h6-7,9-10,17-18,20-25,42-44H,2-5,8,11-16,19,26-40H2,1H3,(H,52,55)/b7-6-,10-9-. The summed E-state index contributed by atoms with van der Waals surface area (Å²) in [5.74, 6) is 3.10. The Kier molecular flexibility index (Phi) is 18.0. The number of allylic oxidation sites excluding steroid dienone is 4. The maximum atomic E-state index is 13.1. The number of esters is 1. The highest BCUT2D eigenvalue weighted by atomic mass is 16.5. The Morgan fingerprint density at radius 2 is 1.37 bits per heavy atom. The molecule has 1 saturated heterocycles. The summed E-state index contributed by atoms with van der Waals surface area (Å²) in [6.45, 7) is 6.78. The molecule has 1 N–H and O–H groups in total. The lowest BCUT2D eigenvalue weighted by Gasteiger charge is -2.56. The van der Waals surface area contributed by atoms with Crippen LogP contribution in [0, 0.1) is 23.2 Å². The third-order valence-electron chi connectivity index (χ3n) is 13.4. The fourth-order valence-corrected chi connectivity index (χ4v) is 10.6. The predicted octanol–water partition coefficient (Wildman–Crippen LogP) is 10.6. The minimum absolute atomic E-state index is 0.0129. The molecule has 4 bridgehead atoms. The zero-order chi connectivity index (χ0) is 41.1. The Hall–Kier alpha value is -3.91. The van der Waals surface area contributed by atoms with Gasteiger partial charge in [0.05, 0.1) is 18.7 Å². The summed E-state index contributed by atoms with van der Waals surface area (Å²) in [5, 5.41) is 2.99. The Morgan fingerprint density at radius 3 is 2.05 bits per heavy atom. The normalized spacial score (nSPS) is 22.7. The van der Waals surface area contributed by atoms with E-state index in [-0.39, 0.29) is 29.7 Å². The first-order valence-electron chi connectivity index (χ1n) is 23.4. The third kappa shape index (κ3) is 14.7. The van der Waals surface area contributed by atoms with Crippen molar-refractivity contribution in [1.29, 1.82) is 0 Å². The zero-order valence-electron chi connectivity index (χ0n) is 36.2. The number of amides is 2. The highest BCUT2D eigenvalue weighted by Gasteiger charge is 2.51. The molecule has 8 nitrogen and oxygen atoms in total. The molecule has 4 aliphatic carbocycles. The molecule has 0 radical (unpaired) electrons. The van der Waals surface area contributed by atoms with Gasteiger partial charge in [-0.3, -0.25) is 14.5 Å². The Morgan fingerprint density at radius 1 is 0.746 bits per heavy atom. The SMILES string of the molecule is CCCCC/C=C\C/C=C\CCCCCCCCOC(=O)c1ccc(COc2ccccc2CN2CCN(C(=O)CNC(=O)CC34CC5CC(CC(C5)C3)C4)CC2)cc1. The minimum Gasteiger partial charge on any atom is -0.489 e. The van der Waals surface area contributed by atoms with Crippen molar-refractivity contribution in [2.75, 3.05) is 39.3 Å². The molecule has 0 atom stereocenters. The predicted molar refractivity (Wildman–Crippen MR) is 237 cm³/mol. The van der Waals surface area contributed by atoms with Gasteiger partial charge in [-0.05, 0) is 124 Å². The van der Waals surface area contributed by atoms with Crippen molar-refractivity contribution < 1.29 is 23.9 Å². The maximum absolute atomic E-state index is 13.1. The van der Waals surface area contributed by atoms with Gasteiger partial charge in [0.25, 0.3) is 0 Å². The van der Waals surface area contributed by atoms with Gasteiger partial charge in [0, 0.05) is 44.7 Å². The maximum Gasteiger partial charge on any atom is 0.338 e. The first-order valence-corrected chi connectivity index (χ1v) is 23.4. The number of para-hydroxylation sites is 1. The Balaban J connectivity index is 0.803. The molecule has 1 heterocycles. The van der Waals surface area contributed by atoms with Gasteiger partial charge in [0.2, 0.25) is 11.8 Å². The number of unbranched alkanes of at least 4 members (excludes halogenated alkanes) is 9. The number of ether oxygens (including phenoxy) is 2. The van der Waals surface area contributed by atoms with Crippen LogP contribution in [0.2, 0.25) is 0 Å². The van der Waals surface area contributed by atoms with E-state index in [1.165, 1.54) is 89.9 Å². The average Bonchev–Trinajstić information content (AvgIpc) is 3.23. The molecule has 7 rings (SSSR count). The molecular formula is C51H73N3O5. The Bertz CT molecular complexity index is 1620. The van der Waals surface area contributed by atoms with Crippen LogP contribution in [-0.2, 0) is 27.5 Å². The van der Waals surface area contributed by atoms with E-state index in [1.54, 1.807) is 0 Å². The average molecular weight is 808 g/mol. The lowest BCUT2D eigenvalue weighted by atomic mass is 9.49. The van der Waals surface area contributed by atoms with Gasteiger partial charge in [0.15, 0.2) is 0 Å². The van der Waals surface area contributed by atoms with Crippen LogP contribution < -0.4 is 10.1 Å². The summed E-state index contributed by atoms with van der Waals surface area (Å²) in [6, 6.07) is 15.6. The van der Waals surface area contributed by atoms with Gasteiger partial charge in [0.1, 0.15) is 12.4 Å². The molecule has 2 aromatic rings. The van der Waals surface area contributed by atoms with Gasteiger partial charge in [-0.2, -0.15) is 0 Å². The van der Waals surface area contributed by atoms with Gasteiger partial charge in [-0.15, -0.1) is 0 Å². The second-order valence-electron chi connectivity index (χ2n) is 18.3. The topological polar surface area (TPSA) is 88.2 Å². The number of carbonyl (C=O) groups excluding carboxylic acids is 3. The van der Waals surface area contributed by atoms with Crippen molar-refractivity contribution in [3.05, 3.63) is 89.5 Å². The van der Waals surface area contributed by atoms with E-state index in [4.69, 9.17) is 9.47 Å². The molecule has 0 spiro atoms. The second kappa shape index (κ2) is 23.8. The number of carbonyl (C=O) groups is 3. The molecule has 1 aliphatic heterocycles. The van der Waals surface area contributed by atoms with E-state index in [0.29, 0.717) is 38.3 Å². The summed E-state index contributed by atoms with van der Waals surface area (Å²) in [7, 11) is 0. The fourth-order valence-electron chi connectivity index (χ4n) is 10.6. The van der Waals surface area contributed by atoms with Crippen LogP contribution in [0.15, 0.2) is 72.8 Å². The van der Waals surface area contributed by atoms with E-state index in [2.05, 4.69) is 47.5 Å². The number of benzene rings is 2. The molecule has 2 amide bonds. The molecular weight excluding hydrogens is 735 g/mol. The minimum atomic E-state index is -0.274.